The number of hydrogen-bond donors (Lipinski definition) is 2. The Bertz CT molecular complexity index is 398. The Labute approximate surface area is 197 Å². The topological polar surface area (TPSA) is 93.1 Å². The van der Waals surface area contributed by atoms with Crippen molar-refractivity contribution in [1.29, 1.82) is 0 Å². The average molecular weight is 461 g/mol. The Morgan fingerprint density at radius 2 is 1.06 bits per heavy atom. The van der Waals surface area contributed by atoms with Gasteiger partial charge in [0, 0.05) is 19.6 Å². The number of aliphatic carboxylic acids is 1. The normalized spacial score (nSPS) is 11.5. The molecule has 6 nitrogen and oxygen atoms in total. The molecule has 2 N–H and O–H groups in total. The van der Waals surface area contributed by atoms with Crippen LogP contribution in [0.2, 0.25) is 0 Å². The number of ether oxygens (including phenoxy) is 2. The number of carbonyl (C=O) groups is 2. The lowest BCUT2D eigenvalue weighted by Gasteiger charge is -2.11. The van der Waals surface area contributed by atoms with Crippen LogP contribution in [0.25, 0.3) is 0 Å². The summed E-state index contributed by atoms with van der Waals surface area (Å²) in [6, 6.07) is 0. The molecule has 0 bridgehead atoms. The van der Waals surface area contributed by atoms with Gasteiger partial charge in [-0.05, 0) is 20.3 Å². The summed E-state index contributed by atoms with van der Waals surface area (Å²) < 4.78 is 9.61. The second-order valence-corrected chi connectivity index (χ2v) is 8.36. The maximum Gasteiger partial charge on any atom is 0.308 e. The quantitative estimate of drug-likeness (QED) is 0.102. The van der Waals surface area contributed by atoms with Crippen LogP contribution >= 0.6 is 0 Å². The summed E-state index contributed by atoms with van der Waals surface area (Å²) in [5, 5.41) is 18.1. The van der Waals surface area contributed by atoms with Crippen molar-refractivity contribution in [2.24, 2.45) is 0 Å². The molecular weight excluding hydrogens is 408 g/mol. The number of esters is 1. The maximum atomic E-state index is 11.3. The summed E-state index contributed by atoms with van der Waals surface area (Å²) in [4.78, 5) is 21.6. The van der Waals surface area contributed by atoms with E-state index in [1.807, 2.05) is 13.8 Å². The molecule has 0 aliphatic rings. The smallest absolute Gasteiger partial charge is 0.308 e. The first-order valence-electron chi connectivity index (χ1n) is 13.1. The fourth-order valence-corrected chi connectivity index (χ4v) is 3.37. The van der Waals surface area contributed by atoms with E-state index in [-0.39, 0.29) is 12.8 Å². The fourth-order valence-electron chi connectivity index (χ4n) is 3.37. The lowest BCUT2D eigenvalue weighted by Crippen LogP contribution is -2.18. The number of hydrogen-bond acceptors (Lipinski definition) is 5. The molecule has 0 aromatic rings. The summed E-state index contributed by atoms with van der Waals surface area (Å²) >= 11 is 0. The summed E-state index contributed by atoms with van der Waals surface area (Å²) in [7, 11) is 0. The van der Waals surface area contributed by atoms with Gasteiger partial charge in [0.2, 0.25) is 6.29 Å². The first-order chi connectivity index (χ1) is 15.5. The van der Waals surface area contributed by atoms with E-state index in [9.17, 15) is 14.7 Å². The largest absolute Gasteiger partial charge is 0.481 e. The molecule has 0 fully saturated rings. The Hall–Kier alpha value is -1.14. The molecule has 0 radical (unpaired) electrons. The Morgan fingerprint density at radius 3 is 1.41 bits per heavy atom. The average Bonchev–Trinajstić information content (AvgIpc) is 2.76. The third kappa shape index (κ3) is 31.0. The molecule has 0 aromatic carbocycles. The standard InChI is InChI=1S/C22H42O5.C4H10O/c1-2-3-4-5-6-7-8-9-10-11-12-13-14-15-16-17-21(25)27-22(26)19-18-20(23)24;1-3-5-4-2/h21,25H,2-19H2,1H3,(H,23,24);3-4H2,1-2H3. The van der Waals surface area contributed by atoms with Crippen molar-refractivity contribution in [3.63, 3.8) is 0 Å². The predicted molar refractivity (Wildman–Crippen MR) is 131 cm³/mol. The van der Waals surface area contributed by atoms with Crippen LogP contribution in [0.4, 0.5) is 0 Å². The molecule has 32 heavy (non-hydrogen) atoms. The molecule has 0 aromatic heterocycles. The molecule has 1 unspecified atom stereocenters. The van der Waals surface area contributed by atoms with E-state index < -0.39 is 18.2 Å². The monoisotopic (exact) mass is 460 g/mol. The van der Waals surface area contributed by atoms with Gasteiger partial charge in [0.25, 0.3) is 0 Å². The Balaban J connectivity index is 0. The van der Waals surface area contributed by atoms with E-state index in [0.717, 1.165) is 32.5 Å². The first kappa shape index (κ1) is 33.0. The van der Waals surface area contributed by atoms with Crippen LogP contribution in [0.3, 0.4) is 0 Å². The minimum Gasteiger partial charge on any atom is -0.481 e. The predicted octanol–water partition coefficient (Wildman–Crippen LogP) is 7.02. The molecule has 0 spiro atoms. The van der Waals surface area contributed by atoms with Gasteiger partial charge in [-0.25, -0.2) is 0 Å². The van der Waals surface area contributed by atoms with Crippen LogP contribution < -0.4 is 0 Å². The fraction of sp³-hybridized carbons (Fsp3) is 0.923. The molecule has 0 rings (SSSR count). The van der Waals surface area contributed by atoms with E-state index >= 15 is 0 Å². The maximum absolute atomic E-state index is 11.3. The first-order valence-corrected chi connectivity index (χ1v) is 13.1. The zero-order valence-electron chi connectivity index (χ0n) is 21.2. The van der Waals surface area contributed by atoms with E-state index in [1.54, 1.807) is 0 Å². The molecule has 0 aliphatic carbocycles. The van der Waals surface area contributed by atoms with Gasteiger partial charge in [-0.3, -0.25) is 9.59 Å². The zero-order chi connectivity index (χ0) is 24.3. The number of aliphatic hydroxyl groups excluding tert-OH is 1. The number of carboxylic acid groups (broad SMARTS) is 1. The van der Waals surface area contributed by atoms with Crippen molar-refractivity contribution in [3.05, 3.63) is 0 Å². The summed E-state index contributed by atoms with van der Waals surface area (Å²) in [6.07, 6.45) is 18.1. The van der Waals surface area contributed by atoms with Gasteiger partial charge in [-0.1, -0.05) is 96.8 Å². The molecule has 0 heterocycles. The third-order valence-corrected chi connectivity index (χ3v) is 5.27. The Kier molecular flexibility index (Phi) is 28.8. The van der Waals surface area contributed by atoms with Gasteiger partial charge in [0.1, 0.15) is 0 Å². The molecule has 0 saturated heterocycles. The summed E-state index contributed by atoms with van der Waals surface area (Å²) in [5.41, 5.74) is 0. The van der Waals surface area contributed by atoms with E-state index in [1.165, 1.54) is 77.0 Å². The van der Waals surface area contributed by atoms with E-state index in [4.69, 9.17) is 14.6 Å². The summed E-state index contributed by atoms with van der Waals surface area (Å²) in [5.74, 6) is -1.69. The second kappa shape index (κ2) is 27.9. The van der Waals surface area contributed by atoms with Crippen LogP contribution in [0.1, 0.15) is 136 Å². The van der Waals surface area contributed by atoms with Crippen molar-refractivity contribution in [2.75, 3.05) is 13.2 Å². The second-order valence-electron chi connectivity index (χ2n) is 8.36. The van der Waals surface area contributed by atoms with Crippen molar-refractivity contribution >= 4 is 11.9 Å². The van der Waals surface area contributed by atoms with Gasteiger partial charge in [0.05, 0.1) is 12.8 Å². The van der Waals surface area contributed by atoms with Gasteiger partial charge >= 0.3 is 11.9 Å². The third-order valence-electron chi connectivity index (χ3n) is 5.27. The summed E-state index contributed by atoms with van der Waals surface area (Å²) in [6.45, 7) is 7.92. The number of rotatable bonds is 22. The minimum atomic E-state index is -1.10. The lowest BCUT2D eigenvalue weighted by molar-refractivity contribution is -0.170. The van der Waals surface area contributed by atoms with E-state index in [0.29, 0.717) is 6.42 Å². The number of carboxylic acids is 1. The van der Waals surface area contributed by atoms with Crippen LogP contribution in [0, 0.1) is 0 Å². The van der Waals surface area contributed by atoms with Crippen molar-refractivity contribution in [3.8, 4) is 0 Å². The van der Waals surface area contributed by atoms with Crippen LogP contribution in [-0.4, -0.2) is 41.7 Å². The van der Waals surface area contributed by atoms with Crippen LogP contribution in [0.5, 0.6) is 0 Å². The van der Waals surface area contributed by atoms with Crippen LogP contribution in [-0.2, 0) is 19.1 Å². The number of unbranched alkanes of at least 4 members (excludes halogenated alkanes) is 14. The van der Waals surface area contributed by atoms with Crippen LogP contribution in [0.15, 0.2) is 0 Å². The lowest BCUT2D eigenvalue weighted by atomic mass is 10.0. The van der Waals surface area contributed by atoms with Gasteiger partial charge in [-0.15, -0.1) is 0 Å². The highest BCUT2D eigenvalue weighted by Gasteiger charge is 2.12. The molecule has 0 saturated carbocycles. The molecule has 0 amide bonds. The van der Waals surface area contributed by atoms with E-state index in [2.05, 4.69) is 6.92 Å². The SMILES string of the molecule is CCCCCCCCCCCCCCCCCC(O)OC(=O)CCC(=O)O.CCOCC. The number of carbonyl (C=O) groups excluding carboxylic acids is 1. The molecule has 192 valence electrons. The van der Waals surface area contributed by atoms with Crippen molar-refractivity contribution in [2.45, 2.75) is 143 Å². The molecule has 1 atom stereocenters. The number of aliphatic hydroxyl groups is 1. The van der Waals surface area contributed by atoms with Crippen molar-refractivity contribution < 1.29 is 29.3 Å². The highest BCUT2D eigenvalue weighted by Crippen LogP contribution is 2.14. The minimum absolute atomic E-state index is 0.189. The zero-order valence-corrected chi connectivity index (χ0v) is 21.2. The molecule has 6 heteroatoms. The highest BCUT2D eigenvalue weighted by atomic mass is 16.6. The van der Waals surface area contributed by atoms with Gasteiger partial charge in [-0.2, -0.15) is 0 Å². The van der Waals surface area contributed by atoms with Gasteiger partial charge < -0.3 is 19.7 Å². The Morgan fingerprint density at radius 1 is 0.656 bits per heavy atom. The van der Waals surface area contributed by atoms with Gasteiger partial charge in [0.15, 0.2) is 0 Å². The van der Waals surface area contributed by atoms with Crippen molar-refractivity contribution in [1.82, 2.24) is 0 Å². The molecule has 0 aliphatic heterocycles. The highest BCUT2D eigenvalue weighted by molar-refractivity contribution is 5.76. The molecular formula is C26H52O6.